The fraction of sp³-hybridized carbons (Fsp3) is 0.909. The third-order valence-corrected chi connectivity index (χ3v) is 4.20. The largest absolute Gasteiger partial charge is 0.411 e. The highest BCUT2D eigenvalue weighted by molar-refractivity contribution is 5.94. The summed E-state index contributed by atoms with van der Waals surface area (Å²) in [5.74, 6) is 1.30. The Balaban J connectivity index is 1.79. The topological polar surface area (TPSA) is 45.1 Å². The Kier molecular flexibility index (Phi) is 2.41. The summed E-state index contributed by atoms with van der Waals surface area (Å²) in [6, 6.07) is 0.414. The lowest BCUT2D eigenvalue weighted by Gasteiger charge is -2.36. The van der Waals surface area contributed by atoms with Crippen molar-refractivity contribution in [2.24, 2.45) is 17.0 Å². The predicted octanol–water partition coefficient (Wildman–Crippen LogP) is 0.947. The summed E-state index contributed by atoms with van der Waals surface area (Å²) in [5.41, 5.74) is 1.05. The molecule has 0 aromatic heterocycles. The smallest absolute Gasteiger partial charge is 0.0775 e. The van der Waals surface area contributed by atoms with Crippen molar-refractivity contribution in [3.8, 4) is 0 Å². The molecule has 0 unspecified atom stereocenters. The molecule has 1 saturated heterocycles. The fourth-order valence-corrected chi connectivity index (χ4v) is 3.54. The van der Waals surface area contributed by atoms with Gasteiger partial charge in [-0.25, -0.2) is 0 Å². The second-order valence-electron chi connectivity index (χ2n) is 4.89. The SMILES string of the molecule is O/N=C1/[C@H]2CC[C@@H](C2)[C@@H]1N1CCOCC1. The number of oxime groups is 1. The fourth-order valence-electron chi connectivity index (χ4n) is 3.54. The van der Waals surface area contributed by atoms with Crippen LogP contribution in [-0.2, 0) is 4.74 Å². The zero-order valence-electron chi connectivity index (χ0n) is 8.93. The molecule has 1 aliphatic heterocycles. The molecule has 3 fully saturated rings. The van der Waals surface area contributed by atoms with Gasteiger partial charge >= 0.3 is 0 Å². The molecule has 0 aromatic carbocycles. The van der Waals surface area contributed by atoms with Gasteiger partial charge in [0.1, 0.15) is 0 Å². The van der Waals surface area contributed by atoms with Gasteiger partial charge < -0.3 is 9.94 Å². The van der Waals surface area contributed by atoms with E-state index in [9.17, 15) is 0 Å². The molecule has 4 nitrogen and oxygen atoms in total. The molecule has 84 valence electrons. The van der Waals surface area contributed by atoms with E-state index in [1.807, 2.05) is 0 Å². The van der Waals surface area contributed by atoms with Crippen molar-refractivity contribution in [2.45, 2.75) is 25.3 Å². The maximum absolute atomic E-state index is 9.12. The summed E-state index contributed by atoms with van der Waals surface area (Å²) in [5, 5.41) is 12.7. The van der Waals surface area contributed by atoms with Crippen molar-refractivity contribution in [3.05, 3.63) is 0 Å². The van der Waals surface area contributed by atoms with Gasteiger partial charge in [-0.1, -0.05) is 5.16 Å². The number of nitrogens with zero attached hydrogens (tertiary/aromatic N) is 2. The highest BCUT2D eigenvalue weighted by Gasteiger charge is 2.48. The van der Waals surface area contributed by atoms with E-state index < -0.39 is 0 Å². The standard InChI is InChI=1S/C11H18N2O2/c14-12-10-8-1-2-9(7-8)11(10)13-3-5-15-6-4-13/h8-9,11,14H,1-7H2/b12-10-/t8-,9-,11-/m0/s1. The highest BCUT2D eigenvalue weighted by Crippen LogP contribution is 2.45. The van der Waals surface area contributed by atoms with Crippen LogP contribution in [0.1, 0.15) is 19.3 Å². The first-order valence-electron chi connectivity index (χ1n) is 5.94. The molecule has 3 aliphatic rings. The van der Waals surface area contributed by atoms with E-state index in [1.54, 1.807) is 0 Å². The summed E-state index contributed by atoms with van der Waals surface area (Å²) in [4.78, 5) is 2.45. The summed E-state index contributed by atoms with van der Waals surface area (Å²) in [6.45, 7) is 3.64. The number of ether oxygens (including phenoxy) is 1. The van der Waals surface area contributed by atoms with Crippen LogP contribution < -0.4 is 0 Å². The molecule has 0 aromatic rings. The van der Waals surface area contributed by atoms with Crippen LogP contribution in [0.2, 0.25) is 0 Å². The Morgan fingerprint density at radius 1 is 1.27 bits per heavy atom. The zero-order valence-corrected chi connectivity index (χ0v) is 8.93. The minimum Gasteiger partial charge on any atom is -0.411 e. The maximum atomic E-state index is 9.12. The van der Waals surface area contributed by atoms with Gasteiger partial charge in [-0.15, -0.1) is 0 Å². The van der Waals surface area contributed by atoms with Crippen molar-refractivity contribution in [1.29, 1.82) is 0 Å². The van der Waals surface area contributed by atoms with Crippen LogP contribution >= 0.6 is 0 Å². The Morgan fingerprint density at radius 2 is 2.07 bits per heavy atom. The van der Waals surface area contributed by atoms with E-state index in [2.05, 4.69) is 10.1 Å². The molecule has 4 heteroatoms. The van der Waals surface area contributed by atoms with E-state index in [0.29, 0.717) is 12.0 Å². The second-order valence-corrected chi connectivity index (χ2v) is 4.89. The lowest BCUT2D eigenvalue weighted by atomic mass is 9.92. The first kappa shape index (κ1) is 9.60. The Bertz CT molecular complexity index is 274. The van der Waals surface area contributed by atoms with Gasteiger partial charge in [0, 0.05) is 19.0 Å². The molecule has 0 amide bonds. The molecule has 2 aliphatic carbocycles. The Labute approximate surface area is 89.9 Å². The molecule has 0 radical (unpaired) electrons. The summed E-state index contributed by atoms with van der Waals surface area (Å²) in [7, 11) is 0. The summed E-state index contributed by atoms with van der Waals surface area (Å²) >= 11 is 0. The lowest BCUT2D eigenvalue weighted by molar-refractivity contribution is 0.0199. The van der Waals surface area contributed by atoms with Crippen LogP contribution in [-0.4, -0.2) is 48.2 Å². The van der Waals surface area contributed by atoms with Crippen LogP contribution in [0.25, 0.3) is 0 Å². The molecule has 2 bridgehead atoms. The van der Waals surface area contributed by atoms with Gasteiger partial charge in [0.05, 0.1) is 25.0 Å². The molecule has 3 atom stereocenters. The lowest BCUT2D eigenvalue weighted by Crippen LogP contribution is -2.49. The van der Waals surface area contributed by atoms with E-state index in [0.717, 1.165) is 37.9 Å². The van der Waals surface area contributed by atoms with Gasteiger partial charge in [0.2, 0.25) is 0 Å². The van der Waals surface area contributed by atoms with E-state index in [-0.39, 0.29) is 0 Å². The van der Waals surface area contributed by atoms with Crippen LogP contribution in [0.5, 0.6) is 0 Å². The van der Waals surface area contributed by atoms with Crippen molar-refractivity contribution < 1.29 is 9.94 Å². The third-order valence-electron chi connectivity index (χ3n) is 4.20. The van der Waals surface area contributed by atoms with Gasteiger partial charge in [-0.3, -0.25) is 4.90 Å². The van der Waals surface area contributed by atoms with Crippen molar-refractivity contribution in [2.75, 3.05) is 26.3 Å². The second kappa shape index (κ2) is 3.76. The molecule has 0 spiro atoms. The number of hydrogen-bond donors (Lipinski definition) is 1. The van der Waals surface area contributed by atoms with Crippen LogP contribution in [0.4, 0.5) is 0 Å². The van der Waals surface area contributed by atoms with Crippen LogP contribution in [0, 0.1) is 11.8 Å². The molecule has 1 N–H and O–H groups in total. The quantitative estimate of drug-likeness (QED) is 0.517. The maximum Gasteiger partial charge on any atom is 0.0775 e. The highest BCUT2D eigenvalue weighted by atomic mass is 16.5. The monoisotopic (exact) mass is 210 g/mol. The van der Waals surface area contributed by atoms with Gasteiger partial charge in [0.25, 0.3) is 0 Å². The normalized spacial score (nSPS) is 44.0. The average Bonchev–Trinajstić information content (AvgIpc) is 2.89. The first-order chi connectivity index (χ1) is 7.40. The van der Waals surface area contributed by atoms with Gasteiger partial charge in [0.15, 0.2) is 0 Å². The third kappa shape index (κ3) is 1.47. The molecule has 1 heterocycles. The van der Waals surface area contributed by atoms with E-state index in [1.165, 1.54) is 19.3 Å². The minimum atomic E-state index is 0.414. The first-order valence-corrected chi connectivity index (χ1v) is 5.94. The Morgan fingerprint density at radius 3 is 2.80 bits per heavy atom. The van der Waals surface area contributed by atoms with Crippen molar-refractivity contribution in [1.82, 2.24) is 4.90 Å². The Hall–Kier alpha value is -0.610. The number of rotatable bonds is 1. The van der Waals surface area contributed by atoms with Crippen molar-refractivity contribution >= 4 is 5.71 Å². The average molecular weight is 210 g/mol. The van der Waals surface area contributed by atoms with E-state index in [4.69, 9.17) is 9.94 Å². The van der Waals surface area contributed by atoms with E-state index >= 15 is 0 Å². The van der Waals surface area contributed by atoms with Gasteiger partial charge in [-0.2, -0.15) is 0 Å². The predicted molar refractivity (Wildman–Crippen MR) is 56.2 cm³/mol. The number of hydrogen-bond acceptors (Lipinski definition) is 4. The zero-order chi connectivity index (χ0) is 10.3. The molecule has 15 heavy (non-hydrogen) atoms. The summed E-state index contributed by atoms with van der Waals surface area (Å²) < 4.78 is 5.36. The minimum absolute atomic E-state index is 0.414. The number of morpholine rings is 1. The molecule has 3 rings (SSSR count). The van der Waals surface area contributed by atoms with Crippen molar-refractivity contribution in [3.63, 3.8) is 0 Å². The van der Waals surface area contributed by atoms with Gasteiger partial charge in [-0.05, 0) is 25.2 Å². The van der Waals surface area contributed by atoms with Crippen LogP contribution in [0.3, 0.4) is 0 Å². The number of fused-ring (bicyclic) bond motifs is 2. The molecular weight excluding hydrogens is 192 g/mol. The molecular formula is C11H18N2O2. The summed E-state index contributed by atoms with van der Waals surface area (Å²) in [6.07, 6.45) is 3.78. The van der Waals surface area contributed by atoms with Crippen LogP contribution in [0.15, 0.2) is 5.16 Å². The molecule has 2 saturated carbocycles.